The molecule has 4 aromatic carbocycles. The molecule has 214 valence electrons. The lowest BCUT2D eigenvalue weighted by Gasteiger charge is -2.16. The van der Waals surface area contributed by atoms with E-state index in [1.165, 1.54) is 44.6 Å². The average Bonchev–Trinajstić information content (AvgIpc) is 2.98. The van der Waals surface area contributed by atoms with E-state index in [9.17, 15) is 17.6 Å². The second-order valence-corrected chi connectivity index (χ2v) is 10.3. The SMILES string of the molecule is COc1ccc(Oc2nc3ccccc3nc2C(=O)Nc2ccc(OC)c(S(=O)(=O)Nc3ccccc3)c2F)c(F)c1. The van der Waals surface area contributed by atoms with Crippen LogP contribution < -0.4 is 24.2 Å². The number of hydrogen-bond donors (Lipinski definition) is 2. The van der Waals surface area contributed by atoms with Gasteiger partial charge < -0.3 is 19.5 Å². The van der Waals surface area contributed by atoms with Crippen molar-refractivity contribution in [3.8, 4) is 23.1 Å². The summed E-state index contributed by atoms with van der Waals surface area (Å²) in [5.74, 6) is -3.78. The van der Waals surface area contributed by atoms with E-state index < -0.39 is 43.8 Å². The third-order valence-corrected chi connectivity index (χ3v) is 7.35. The predicted molar refractivity (Wildman–Crippen MR) is 151 cm³/mol. The highest BCUT2D eigenvalue weighted by Gasteiger charge is 2.29. The highest BCUT2D eigenvalue weighted by molar-refractivity contribution is 7.92. The molecule has 0 saturated heterocycles. The molecule has 0 aliphatic carbocycles. The van der Waals surface area contributed by atoms with E-state index in [1.807, 2.05) is 0 Å². The zero-order valence-electron chi connectivity index (χ0n) is 22.1. The lowest BCUT2D eigenvalue weighted by Crippen LogP contribution is -2.20. The van der Waals surface area contributed by atoms with Crippen molar-refractivity contribution >= 4 is 38.3 Å². The fraction of sp³-hybridized carbons (Fsp3) is 0.0690. The number of halogens is 2. The second-order valence-electron chi connectivity index (χ2n) is 8.65. The first-order valence-corrected chi connectivity index (χ1v) is 13.7. The van der Waals surface area contributed by atoms with E-state index in [0.717, 1.165) is 12.1 Å². The number of sulfonamides is 1. The number of anilines is 2. The molecule has 1 heterocycles. The molecule has 13 heteroatoms. The molecule has 2 N–H and O–H groups in total. The summed E-state index contributed by atoms with van der Waals surface area (Å²) < 4.78 is 74.8. The maximum Gasteiger partial charge on any atom is 0.280 e. The number of amides is 1. The molecule has 10 nitrogen and oxygen atoms in total. The molecule has 42 heavy (non-hydrogen) atoms. The Hall–Kier alpha value is -5.30. The molecule has 0 saturated carbocycles. The van der Waals surface area contributed by atoms with Gasteiger partial charge in [0.1, 0.15) is 11.5 Å². The summed E-state index contributed by atoms with van der Waals surface area (Å²) in [6.07, 6.45) is 0. The number of nitrogens with zero attached hydrogens (tertiary/aromatic N) is 2. The van der Waals surface area contributed by atoms with Crippen LogP contribution in [0.2, 0.25) is 0 Å². The van der Waals surface area contributed by atoms with Crippen molar-refractivity contribution in [3.05, 3.63) is 102 Å². The predicted octanol–water partition coefficient (Wildman–Crippen LogP) is 5.77. The first-order valence-electron chi connectivity index (χ1n) is 12.2. The van der Waals surface area contributed by atoms with Crippen molar-refractivity contribution in [1.82, 2.24) is 9.97 Å². The maximum absolute atomic E-state index is 15.8. The number of rotatable bonds is 9. The van der Waals surface area contributed by atoms with Gasteiger partial charge in [-0.15, -0.1) is 0 Å². The first-order chi connectivity index (χ1) is 20.2. The number of hydrogen-bond acceptors (Lipinski definition) is 8. The molecule has 5 aromatic rings. The van der Waals surface area contributed by atoms with Crippen LogP contribution in [0, 0.1) is 11.6 Å². The largest absolute Gasteiger partial charge is 0.497 e. The van der Waals surface area contributed by atoms with Gasteiger partial charge in [0, 0.05) is 11.8 Å². The van der Waals surface area contributed by atoms with E-state index in [2.05, 4.69) is 20.0 Å². The molecule has 0 radical (unpaired) electrons. The van der Waals surface area contributed by atoms with Gasteiger partial charge in [0.15, 0.2) is 28.0 Å². The zero-order valence-corrected chi connectivity index (χ0v) is 22.9. The van der Waals surface area contributed by atoms with E-state index in [4.69, 9.17) is 14.2 Å². The van der Waals surface area contributed by atoms with Crippen LogP contribution in [-0.4, -0.2) is 38.5 Å². The molecule has 0 spiro atoms. The summed E-state index contributed by atoms with van der Waals surface area (Å²) in [6, 6.07) is 20.6. The van der Waals surface area contributed by atoms with Gasteiger partial charge in [-0.05, 0) is 48.5 Å². The molecule has 0 aliphatic heterocycles. The number of aromatic nitrogens is 2. The Kier molecular flexibility index (Phi) is 7.84. The molecule has 5 rings (SSSR count). The number of para-hydroxylation sites is 3. The molecule has 0 unspecified atom stereocenters. The quantitative estimate of drug-likeness (QED) is 0.221. The molecule has 1 amide bonds. The number of carbonyl (C=O) groups is 1. The summed E-state index contributed by atoms with van der Waals surface area (Å²) in [7, 11) is -1.95. The van der Waals surface area contributed by atoms with Gasteiger partial charge >= 0.3 is 0 Å². The standard InChI is InChI=1S/C29H22F2N4O6S/c1-39-18-12-14-23(19(30)16-18)41-29-26(32-20-10-6-7-11-21(20)34-29)28(36)33-22-13-15-24(40-2)27(25(22)31)42(37,38)35-17-8-4-3-5-9-17/h3-16,35H,1-2H3,(H,33,36). The summed E-state index contributed by atoms with van der Waals surface area (Å²) in [5.41, 5.74) is -0.0752. The van der Waals surface area contributed by atoms with Crippen LogP contribution in [0.3, 0.4) is 0 Å². The Balaban J connectivity index is 1.53. The number of methoxy groups -OCH3 is 2. The van der Waals surface area contributed by atoms with Crippen LogP contribution in [0.5, 0.6) is 23.1 Å². The summed E-state index contributed by atoms with van der Waals surface area (Å²) in [6.45, 7) is 0. The third kappa shape index (κ3) is 5.76. The van der Waals surface area contributed by atoms with Gasteiger partial charge in [-0.3, -0.25) is 9.52 Å². The van der Waals surface area contributed by atoms with Crippen molar-refractivity contribution in [2.24, 2.45) is 0 Å². The van der Waals surface area contributed by atoms with Gasteiger partial charge in [0.2, 0.25) is 0 Å². The van der Waals surface area contributed by atoms with Crippen LogP contribution in [0.25, 0.3) is 11.0 Å². The number of benzene rings is 4. The van der Waals surface area contributed by atoms with Gasteiger partial charge in [0.05, 0.1) is 30.9 Å². The fourth-order valence-electron chi connectivity index (χ4n) is 3.94. The smallest absolute Gasteiger partial charge is 0.280 e. The lowest BCUT2D eigenvalue weighted by atomic mass is 10.2. The fourth-order valence-corrected chi connectivity index (χ4v) is 5.25. The van der Waals surface area contributed by atoms with Crippen molar-refractivity contribution in [3.63, 3.8) is 0 Å². The van der Waals surface area contributed by atoms with Crippen LogP contribution in [0.15, 0.2) is 89.8 Å². The van der Waals surface area contributed by atoms with Crippen molar-refractivity contribution < 1.29 is 36.2 Å². The number of carbonyl (C=O) groups excluding carboxylic acids is 1. The van der Waals surface area contributed by atoms with Gasteiger partial charge in [0.25, 0.3) is 21.8 Å². The van der Waals surface area contributed by atoms with E-state index >= 15 is 4.39 Å². The minimum atomic E-state index is -4.50. The van der Waals surface area contributed by atoms with Crippen molar-refractivity contribution in [2.45, 2.75) is 4.90 Å². The average molecular weight is 593 g/mol. The van der Waals surface area contributed by atoms with Crippen LogP contribution in [-0.2, 0) is 10.0 Å². The molecule has 0 fully saturated rings. The molecule has 0 atom stereocenters. The van der Waals surface area contributed by atoms with E-state index in [-0.39, 0.29) is 28.8 Å². The topological polar surface area (TPSA) is 129 Å². The van der Waals surface area contributed by atoms with Crippen molar-refractivity contribution in [2.75, 3.05) is 24.3 Å². The molecule has 0 aliphatic rings. The molecule has 0 bridgehead atoms. The van der Waals surface area contributed by atoms with Crippen LogP contribution in [0.4, 0.5) is 20.2 Å². The van der Waals surface area contributed by atoms with Crippen LogP contribution in [0.1, 0.15) is 10.5 Å². The van der Waals surface area contributed by atoms with E-state index in [0.29, 0.717) is 11.0 Å². The lowest BCUT2D eigenvalue weighted by molar-refractivity contribution is 0.101. The zero-order chi connectivity index (χ0) is 29.9. The number of ether oxygens (including phenoxy) is 3. The Labute approximate surface area is 239 Å². The second kappa shape index (κ2) is 11.7. The molecular weight excluding hydrogens is 570 g/mol. The van der Waals surface area contributed by atoms with Gasteiger partial charge in [-0.1, -0.05) is 30.3 Å². The number of nitrogens with one attached hydrogen (secondary N) is 2. The molecular formula is C29H22F2N4O6S. The third-order valence-electron chi connectivity index (χ3n) is 5.92. The number of fused-ring (bicyclic) bond motifs is 1. The molecule has 1 aromatic heterocycles. The van der Waals surface area contributed by atoms with Gasteiger partial charge in [-0.2, -0.15) is 0 Å². The van der Waals surface area contributed by atoms with Crippen molar-refractivity contribution in [1.29, 1.82) is 0 Å². The Bertz CT molecular complexity index is 1910. The first kappa shape index (κ1) is 28.2. The highest BCUT2D eigenvalue weighted by Crippen LogP contribution is 2.34. The minimum absolute atomic E-state index is 0.187. The Morgan fingerprint density at radius 1 is 0.810 bits per heavy atom. The summed E-state index contributed by atoms with van der Waals surface area (Å²) in [5, 5.41) is 2.32. The Morgan fingerprint density at radius 2 is 1.48 bits per heavy atom. The van der Waals surface area contributed by atoms with E-state index in [1.54, 1.807) is 42.5 Å². The maximum atomic E-state index is 15.8. The van der Waals surface area contributed by atoms with Crippen LogP contribution >= 0.6 is 0 Å². The monoisotopic (exact) mass is 592 g/mol. The van der Waals surface area contributed by atoms with Gasteiger partial charge in [-0.25, -0.2) is 27.2 Å². The summed E-state index contributed by atoms with van der Waals surface area (Å²) >= 11 is 0. The minimum Gasteiger partial charge on any atom is -0.497 e. The highest BCUT2D eigenvalue weighted by atomic mass is 32.2. The summed E-state index contributed by atoms with van der Waals surface area (Å²) in [4.78, 5) is 21.2. The Morgan fingerprint density at radius 3 is 2.14 bits per heavy atom. The normalized spacial score (nSPS) is 11.1.